The molecule has 0 aliphatic heterocycles. The minimum absolute atomic E-state index is 0.0566. The van der Waals surface area contributed by atoms with Gasteiger partial charge in [0, 0.05) is 11.6 Å². The number of carbonyl (C=O) groups is 2. The predicted octanol–water partition coefficient (Wildman–Crippen LogP) is 2.49. The largest absolute Gasteiger partial charge is 0.493 e. The van der Waals surface area contributed by atoms with Crippen molar-refractivity contribution in [2.24, 2.45) is 0 Å². The molecule has 29 heavy (non-hydrogen) atoms. The summed E-state index contributed by atoms with van der Waals surface area (Å²) in [5, 5.41) is 22.7. The standard InChI is InChI=1S/C18H17N3O8/c1-9-10(2)29-17(12(9)7-19)20-16(22)8-28-18(23)11-5-14(26-3)15(27-4)6-13(11)21(24)25/h5-6H,8H2,1-4H3,(H,20,22). The third kappa shape index (κ3) is 4.44. The number of hydrogen-bond acceptors (Lipinski definition) is 9. The lowest BCUT2D eigenvalue weighted by Gasteiger charge is -2.10. The van der Waals surface area contributed by atoms with Crippen molar-refractivity contribution in [2.75, 3.05) is 26.1 Å². The van der Waals surface area contributed by atoms with Crippen LogP contribution in [0.4, 0.5) is 11.6 Å². The van der Waals surface area contributed by atoms with Crippen molar-refractivity contribution in [1.29, 1.82) is 5.26 Å². The van der Waals surface area contributed by atoms with Crippen LogP contribution in [0.1, 0.15) is 27.2 Å². The van der Waals surface area contributed by atoms with Gasteiger partial charge in [0.1, 0.15) is 23.0 Å². The molecule has 0 unspecified atom stereocenters. The normalized spacial score (nSPS) is 10.0. The summed E-state index contributed by atoms with van der Waals surface area (Å²) >= 11 is 0. The number of nitro benzene ring substituents is 1. The van der Waals surface area contributed by atoms with E-state index in [1.807, 2.05) is 6.07 Å². The third-order valence-corrected chi connectivity index (χ3v) is 4.00. The molecule has 0 fully saturated rings. The summed E-state index contributed by atoms with van der Waals surface area (Å²) < 4.78 is 20.2. The lowest BCUT2D eigenvalue weighted by Crippen LogP contribution is -2.21. The molecule has 2 rings (SSSR count). The number of esters is 1. The SMILES string of the molecule is COc1cc(C(=O)OCC(=O)Nc2oc(C)c(C)c2C#N)c([N+](=O)[O-])cc1OC. The van der Waals surface area contributed by atoms with Crippen molar-refractivity contribution in [2.45, 2.75) is 13.8 Å². The summed E-state index contributed by atoms with van der Waals surface area (Å²) in [4.78, 5) is 34.8. The molecule has 0 radical (unpaired) electrons. The van der Waals surface area contributed by atoms with Crippen LogP contribution >= 0.6 is 0 Å². The van der Waals surface area contributed by atoms with Crippen LogP contribution in [0.3, 0.4) is 0 Å². The van der Waals surface area contributed by atoms with Crippen LogP contribution in [-0.4, -0.2) is 37.6 Å². The maximum Gasteiger partial charge on any atom is 0.345 e. The van der Waals surface area contributed by atoms with E-state index in [-0.39, 0.29) is 22.9 Å². The summed E-state index contributed by atoms with van der Waals surface area (Å²) in [6.45, 7) is 2.53. The number of nitrogens with one attached hydrogen (secondary N) is 1. The van der Waals surface area contributed by atoms with Crippen LogP contribution in [0.25, 0.3) is 0 Å². The Hall–Kier alpha value is -4.07. The summed E-state index contributed by atoms with van der Waals surface area (Å²) in [5.41, 5.74) is -0.265. The molecule has 152 valence electrons. The molecular formula is C18H17N3O8. The number of methoxy groups -OCH3 is 2. The van der Waals surface area contributed by atoms with Gasteiger partial charge < -0.3 is 18.6 Å². The Labute approximate surface area is 164 Å². The second kappa shape index (κ2) is 8.75. The number of nitro groups is 1. The van der Waals surface area contributed by atoms with Gasteiger partial charge in [-0.15, -0.1) is 0 Å². The minimum Gasteiger partial charge on any atom is -0.493 e. The molecule has 1 amide bonds. The van der Waals surface area contributed by atoms with Gasteiger partial charge in [-0.05, 0) is 13.8 Å². The fraction of sp³-hybridized carbons (Fsp3) is 0.278. The first kappa shape index (κ1) is 21.2. The number of anilines is 1. The molecule has 0 saturated heterocycles. The van der Waals surface area contributed by atoms with Crippen molar-refractivity contribution in [3.8, 4) is 17.6 Å². The number of nitrogens with zero attached hydrogens (tertiary/aromatic N) is 2. The zero-order chi connectivity index (χ0) is 21.7. The molecule has 11 nitrogen and oxygen atoms in total. The molecule has 0 atom stereocenters. The highest BCUT2D eigenvalue weighted by atomic mass is 16.6. The average Bonchev–Trinajstić information content (AvgIpc) is 2.97. The van der Waals surface area contributed by atoms with E-state index in [1.54, 1.807) is 13.8 Å². The van der Waals surface area contributed by atoms with Crippen molar-refractivity contribution in [3.63, 3.8) is 0 Å². The second-order valence-corrected chi connectivity index (χ2v) is 5.70. The lowest BCUT2D eigenvalue weighted by molar-refractivity contribution is -0.385. The highest BCUT2D eigenvalue weighted by molar-refractivity contribution is 5.98. The monoisotopic (exact) mass is 403 g/mol. The molecule has 0 bridgehead atoms. The Bertz CT molecular complexity index is 1020. The maximum atomic E-state index is 12.3. The van der Waals surface area contributed by atoms with Crippen LogP contribution in [0.2, 0.25) is 0 Å². The Morgan fingerprint density at radius 3 is 2.41 bits per heavy atom. The number of ether oxygens (including phenoxy) is 3. The predicted molar refractivity (Wildman–Crippen MR) is 98.0 cm³/mol. The van der Waals surface area contributed by atoms with Crippen molar-refractivity contribution >= 4 is 23.4 Å². The summed E-state index contributed by atoms with van der Waals surface area (Å²) in [7, 11) is 2.59. The topological polar surface area (TPSA) is 154 Å². The molecule has 1 aromatic heterocycles. The van der Waals surface area contributed by atoms with Crippen molar-refractivity contribution in [3.05, 3.63) is 44.7 Å². The molecule has 1 N–H and O–H groups in total. The van der Waals surface area contributed by atoms with E-state index in [1.165, 1.54) is 14.2 Å². The molecule has 0 spiro atoms. The first-order valence-corrected chi connectivity index (χ1v) is 8.10. The van der Waals surface area contributed by atoms with E-state index >= 15 is 0 Å². The van der Waals surface area contributed by atoms with E-state index in [4.69, 9.17) is 23.9 Å². The zero-order valence-corrected chi connectivity index (χ0v) is 16.0. The first-order valence-electron chi connectivity index (χ1n) is 8.10. The van der Waals surface area contributed by atoms with E-state index < -0.39 is 34.7 Å². The number of aryl methyl sites for hydroxylation is 1. The van der Waals surface area contributed by atoms with Gasteiger partial charge in [-0.3, -0.25) is 20.2 Å². The average molecular weight is 403 g/mol. The Balaban J connectivity index is 2.17. The number of hydrogen-bond donors (Lipinski definition) is 1. The van der Waals surface area contributed by atoms with Gasteiger partial charge in [-0.25, -0.2) is 4.79 Å². The Morgan fingerprint density at radius 2 is 1.86 bits per heavy atom. The smallest absolute Gasteiger partial charge is 0.345 e. The number of nitriles is 1. The van der Waals surface area contributed by atoms with Crippen LogP contribution in [0, 0.1) is 35.3 Å². The van der Waals surface area contributed by atoms with Crippen LogP contribution in [-0.2, 0) is 9.53 Å². The number of benzene rings is 1. The number of furan rings is 1. The van der Waals surface area contributed by atoms with E-state index in [9.17, 15) is 19.7 Å². The van der Waals surface area contributed by atoms with Crippen molar-refractivity contribution < 1.29 is 33.1 Å². The van der Waals surface area contributed by atoms with Gasteiger partial charge >= 0.3 is 5.97 Å². The lowest BCUT2D eigenvalue weighted by atomic mass is 10.1. The fourth-order valence-electron chi connectivity index (χ4n) is 2.40. The number of amides is 1. The van der Waals surface area contributed by atoms with Crippen LogP contribution in [0.15, 0.2) is 16.5 Å². The number of carbonyl (C=O) groups excluding carboxylic acids is 2. The molecule has 11 heteroatoms. The molecule has 0 aliphatic carbocycles. The van der Waals surface area contributed by atoms with Gasteiger partial charge in [0.05, 0.1) is 25.2 Å². The summed E-state index contributed by atoms with van der Waals surface area (Å²) in [5.74, 6) is -1.38. The highest BCUT2D eigenvalue weighted by Crippen LogP contribution is 2.34. The molecular weight excluding hydrogens is 386 g/mol. The Morgan fingerprint density at radius 1 is 1.24 bits per heavy atom. The second-order valence-electron chi connectivity index (χ2n) is 5.70. The van der Waals surface area contributed by atoms with Crippen LogP contribution < -0.4 is 14.8 Å². The molecule has 2 aromatic rings. The first-order chi connectivity index (χ1) is 13.7. The quantitative estimate of drug-likeness (QED) is 0.417. The summed E-state index contributed by atoms with van der Waals surface area (Å²) in [6.07, 6.45) is 0. The zero-order valence-electron chi connectivity index (χ0n) is 16.0. The van der Waals surface area contributed by atoms with Crippen molar-refractivity contribution in [1.82, 2.24) is 0 Å². The number of rotatable bonds is 7. The Kier molecular flexibility index (Phi) is 6.40. The molecule has 0 aliphatic rings. The fourth-order valence-corrected chi connectivity index (χ4v) is 2.40. The van der Waals surface area contributed by atoms with Gasteiger partial charge in [0.25, 0.3) is 11.6 Å². The van der Waals surface area contributed by atoms with Gasteiger partial charge in [-0.1, -0.05) is 0 Å². The van der Waals surface area contributed by atoms with Gasteiger partial charge in [-0.2, -0.15) is 5.26 Å². The highest BCUT2D eigenvalue weighted by Gasteiger charge is 2.26. The van der Waals surface area contributed by atoms with E-state index in [2.05, 4.69) is 5.32 Å². The molecule has 0 saturated carbocycles. The third-order valence-electron chi connectivity index (χ3n) is 4.00. The van der Waals surface area contributed by atoms with E-state index in [0.717, 1.165) is 12.1 Å². The van der Waals surface area contributed by atoms with E-state index in [0.29, 0.717) is 11.3 Å². The van der Waals surface area contributed by atoms with Gasteiger partial charge in [0.2, 0.25) is 5.88 Å². The van der Waals surface area contributed by atoms with Gasteiger partial charge in [0.15, 0.2) is 18.1 Å². The molecule has 1 aromatic carbocycles. The molecule has 1 heterocycles. The minimum atomic E-state index is -1.11. The summed E-state index contributed by atoms with van der Waals surface area (Å²) in [6, 6.07) is 4.01. The van der Waals surface area contributed by atoms with Crippen LogP contribution in [0.5, 0.6) is 11.5 Å². The maximum absolute atomic E-state index is 12.3.